The van der Waals surface area contributed by atoms with Crippen molar-refractivity contribution in [3.8, 4) is 0 Å². The minimum Gasteiger partial charge on any atom is -0.339 e. The van der Waals surface area contributed by atoms with Crippen molar-refractivity contribution in [2.45, 2.75) is 24.8 Å². The molecule has 1 aromatic carbocycles. The third-order valence-electron chi connectivity index (χ3n) is 4.57. The third-order valence-corrected chi connectivity index (χ3v) is 6.73. The summed E-state index contributed by atoms with van der Waals surface area (Å²) in [6.45, 7) is 2.36. The van der Waals surface area contributed by atoms with Gasteiger partial charge in [-0.25, -0.2) is 13.4 Å². The molecule has 2 heterocycles. The highest BCUT2D eigenvalue weighted by Gasteiger charge is 2.34. The average Bonchev–Trinajstić information content (AvgIpc) is 3.06. The summed E-state index contributed by atoms with van der Waals surface area (Å²) in [7, 11) is -1.98. The van der Waals surface area contributed by atoms with Gasteiger partial charge in [0.1, 0.15) is 0 Å². The molecular weight excluding hydrogens is 376 g/mol. The first kappa shape index (κ1) is 18.9. The Morgan fingerprint density at radius 2 is 2.15 bits per heavy atom. The fraction of sp³-hybridized carbons (Fsp3) is 0.412. The van der Waals surface area contributed by atoms with Crippen LogP contribution in [0.15, 0.2) is 35.7 Å². The number of hydrogen-bond donors (Lipinski definition) is 1. The molecule has 140 valence electrons. The van der Waals surface area contributed by atoms with E-state index in [0.717, 1.165) is 5.56 Å². The lowest BCUT2D eigenvalue weighted by Crippen LogP contribution is -2.43. The monoisotopic (exact) mass is 396 g/mol. The molecular formula is C17H21ClN4O3S. The summed E-state index contributed by atoms with van der Waals surface area (Å²) in [4.78, 5) is 16.6. The number of imidazole rings is 1. The maximum atomic E-state index is 12.7. The van der Waals surface area contributed by atoms with Crippen LogP contribution in [0.5, 0.6) is 0 Å². The summed E-state index contributed by atoms with van der Waals surface area (Å²) >= 11 is 6.09. The Balaban J connectivity index is 1.74. The zero-order valence-electron chi connectivity index (χ0n) is 14.6. The first-order valence-electron chi connectivity index (χ1n) is 8.33. The van der Waals surface area contributed by atoms with E-state index in [1.54, 1.807) is 29.8 Å². The lowest BCUT2D eigenvalue weighted by molar-refractivity contribution is -0.120. The second-order valence-electron chi connectivity index (χ2n) is 6.48. The van der Waals surface area contributed by atoms with Gasteiger partial charge in [0.15, 0.2) is 5.03 Å². The number of aryl methyl sites for hydroxylation is 1. The molecule has 0 unspecified atom stereocenters. The molecule has 0 radical (unpaired) electrons. The lowest BCUT2D eigenvalue weighted by Gasteiger charge is -2.30. The maximum Gasteiger partial charge on any atom is 0.262 e. The quantitative estimate of drug-likeness (QED) is 0.860. The number of benzene rings is 1. The molecule has 1 aromatic heterocycles. The van der Waals surface area contributed by atoms with E-state index in [-0.39, 0.29) is 17.5 Å². The number of piperidine rings is 1. The average molecular weight is 397 g/mol. The van der Waals surface area contributed by atoms with Gasteiger partial charge in [0, 0.05) is 37.0 Å². The van der Waals surface area contributed by atoms with Crippen LogP contribution in [0.25, 0.3) is 0 Å². The topological polar surface area (TPSA) is 84.3 Å². The molecule has 2 aromatic rings. The van der Waals surface area contributed by atoms with Crippen LogP contribution in [0.3, 0.4) is 0 Å². The first-order chi connectivity index (χ1) is 12.3. The second-order valence-corrected chi connectivity index (χ2v) is 8.77. The zero-order chi connectivity index (χ0) is 18.9. The summed E-state index contributed by atoms with van der Waals surface area (Å²) in [5.74, 6) is -0.614. The second kappa shape index (κ2) is 7.38. The van der Waals surface area contributed by atoms with Crippen LogP contribution in [-0.2, 0) is 21.9 Å². The molecule has 1 aliphatic rings. The Hall–Kier alpha value is -1.90. The van der Waals surface area contributed by atoms with Crippen molar-refractivity contribution in [2.24, 2.45) is 13.0 Å². The Morgan fingerprint density at radius 3 is 2.85 bits per heavy atom. The van der Waals surface area contributed by atoms with Crippen molar-refractivity contribution in [3.05, 3.63) is 41.3 Å². The lowest BCUT2D eigenvalue weighted by atomic mass is 9.98. The first-order valence-corrected chi connectivity index (χ1v) is 10.1. The molecule has 9 heteroatoms. The zero-order valence-corrected chi connectivity index (χ0v) is 16.2. The minimum atomic E-state index is -3.70. The highest BCUT2D eigenvalue weighted by molar-refractivity contribution is 7.89. The molecule has 26 heavy (non-hydrogen) atoms. The molecule has 1 saturated heterocycles. The maximum absolute atomic E-state index is 12.7. The number of nitrogens with zero attached hydrogens (tertiary/aromatic N) is 3. The van der Waals surface area contributed by atoms with Crippen LogP contribution in [0.1, 0.15) is 18.4 Å². The predicted molar refractivity (Wildman–Crippen MR) is 99.5 cm³/mol. The van der Waals surface area contributed by atoms with Gasteiger partial charge in [0.25, 0.3) is 10.0 Å². The van der Waals surface area contributed by atoms with Gasteiger partial charge in [-0.05, 0) is 37.5 Å². The Kier molecular flexibility index (Phi) is 5.36. The van der Waals surface area contributed by atoms with E-state index >= 15 is 0 Å². The van der Waals surface area contributed by atoms with Gasteiger partial charge >= 0.3 is 0 Å². The smallest absolute Gasteiger partial charge is 0.262 e. The van der Waals surface area contributed by atoms with E-state index in [9.17, 15) is 13.2 Å². The number of hydrogen-bond acceptors (Lipinski definition) is 4. The van der Waals surface area contributed by atoms with Gasteiger partial charge in [-0.3, -0.25) is 4.79 Å². The summed E-state index contributed by atoms with van der Waals surface area (Å²) < 4.78 is 28.4. The number of amides is 1. The number of carbonyl (C=O) groups excluding carboxylic acids is 1. The number of sulfonamides is 1. The van der Waals surface area contributed by atoms with Crippen molar-refractivity contribution in [1.82, 2.24) is 13.9 Å². The molecule has 1 atom stereocenters. The molecule has 0 saturated carbocycles. The highest BCUT2D eigenvalue weighted by Crippen LogP contribution is 2.26. The van der Waals surface area contributed by atoms with E-state index in [2.05, 4.69) is 10.3 Å². The molecule has 7 nitrogen and oxygen atoms in total. The van der Waals surface area contributed by atoms with Crippen molar-refractivity contribution in [1.29, 1.82) is 0 Å². The largest absolute Gasteiger partial charge is 0.339 e. The van der Waals surface area contributed by atoms with Gasteiger partial charge in [-0.1, -0.05) is 17.7 Å². The molecule has 1 amide bonds. The molecule has 0 aliphatic carbocycles. The standard InChI is InChI=1S/C17H21ClN4O3S/c1-12-14(18)6-3-7-15(12)20-17(23)13-5-4-8-22(9-13)26(24,25)16-10-21(2)11-19-16/h3,6-7,10-11,13H,4-5,8-9H2,1-2H3,(H,20,23)/t13-/m1/s1. The van der Waals surface area contributed by atoms with Crippen LogP contribution < -0.4 is 5.32 Å². The van der Waals surface area contributed by atoms with Crippen molar-refractivity contribution in [3.63, 3.8) is 0 Å². The molecule has 0 spiro atoms. The Bertz CT molecular complexity index is 926. The van der Waals surface area contributed by atoms with E-state index in [1.165, 1.54) is 16.8 Å². The molecule has 3 rings (SSSR count). The SMILES string of the molecule is Cc1c(Cl)cccc1NC(=O)[C@@H]1CCCN(S(=O)(=O)c2cn(C)cn2)C1. The van der Waals surface area contributed by atoms with E-state index < -0.39 is 15.9 Å². The van der Waals surface area contributed by atoms with Crippen LogP contribution in [0, 0.1) is 12.8 Å². The van der Waals surface area contributed by atoms with E-state index in [4.69, 9.17) is 11.6 Å². The molecule has 1 aliphatic heterocycles. The van der Waals surface area contributed by atoms with Crippen LogP contribution in [-0.4, -0.2) is 41.3 Å². The Morgan fingerprint density at radius 1 is 1.38 bits per heavy atom. The predicted octanol–water partition coefficient (Wildman–Crippen LogP) is 2.42. The molecule has 1 N–H and O–H groups in total. The van der Waals surface area contributed by atoms with Crippen LogP contribution in [0.4, 0.5) is 5.69 Å². The van der Waals surface area contributed by atoms with Crippen LogP contribution >= 0.6 is 11.6 Å². The Labute approximate surface area is 158 Å². The van der Waals surface area contributed by atoms with E-state index in [0.29, 0.717) is 30.1 Å². The summed E-state index contributed by atoms with van der Waals surface area (Å²) in [5, 5.41) is 3.45. The fourth-order valence-electron chi connectivity index (χ4n) is 3.01. The third kappa shape index (κ3) is 3.77. The molecule has 0 bridgehead atoms. The number of aromatic nitrogens is 2. The highest BCUT2D eigenvalue weighted by atomic mass is 35.5. The minimum absolute atomic E-state index is 0.00624. The van der Waals surface area contributed by atoms with Gasteiger partial charge in [-0.2, -0.15) is 4.31 Å². The summed E-state index contributed by atoms with van der Waals surface area (Å²) in [6.07, 6.45) is 4.18. The van der Waals surface area contributed by atoms with Gasteiger partial charge in [0.05, 0.1) is 12.2 Å². The fourth-order valence-corrected chi connectivity index (χ4v) is 4.67. The summed E-state index contributed by atoms with van der Waals surface area (Å²) in [6, 6.07) is 5.31. The normalized spacial score (nSPS) is 18.7. The van der Waals surface area contributed by atoms with Crippen LogP contribution in [0.2, 0.25) is 5.02 Å². The van der Waals surface area contributed by atoms with E-state index in [1.807, 2.05) is 6.92 Å². The number of carbonyl (C=O) groups is 1. The number of nitrogens with one attached hydrogen (secondary N) is 1. The van der Waals surface area contributed by atoms with Gasteiger partial charge < -0.3 is 9.88 Å². The summed E-state index contributed by atoms with van der Waals surface area (Å²) in [5.41, 5.74) is 1.43. The van der Waals surface area contributed by atoms with Crippen molar-refractivity contribution in [2.75, 3.05) is 18.4 Å². The number of anilines is 1. The number of halogens is 1. The van der Waals surface area contributed by atoms with Crippen molar-refractivity contribution < 1.29 is 13.2 Å². The number of rotatable bonds is 4. The van der Waals surface area contributed by atoms with Gasteiger partial charge in [0.2, 0.25) is 5.91 Å². The molecule has 1 fully saturated rings. The van der Waals surface area contributed by atoms with Crippen molar-refractivity contribution >= 4 is 33.2 Å². The van der Waals surface area contributed by atoms with Gasteiger partial charge in [-0.15, -0.1) is 0 Å².